The predicted molar refractivity (Wildman–Crippen MR) is 103 cm³/mol. The lowest BCUT2D eigenvalue weighted by molar-refractivity contribution is -0.121. The van der Waals surface area contributed by atoms with Gasteiger partial charge in [0.05, 0.1) is 16.3 Å². The number of sulfonamides is 1. The first-order chi connectivity index (χ1) is 12.2. The van der Waals surface area contributed by atoms with E-state index in [1.807, 2.05) is 19.1 Å². The van der Waals surface area contributed by atoms with Crippen LogP contribution >= 0.6 is 15.9 Å². The Morgan fingerprint density at radius 1 is 1.00 bits per heavy atom. The van der Waals surface area contributed by atoms with Crippen molar-refractivity contribution in [1.82, 2.24) is 0 Å². The van der Waals surface area contributed by atoms with Gasteiger partial charge in [0, 0.05) is 17.3 Å². The van der Waals surface area contributed by atoms with E-state index in [1.54, 1.807) is 13.0 Å². The lowest BCUT2D eigenvalue weighted by Crippen LogP contribution is -2.29. The molecule has 0 atom stereocenters. The molecule has 1 aliphatic heterocycles. The zero-order chi connectivity index (χ0) is 19.1. The van der Waals surface area contributed by atoms with Crippen LogP contribution in [0.4, 0.5) is 11.4 Å². The number of nitrogens with one attached hydrogen (secondary N) is 1. The number of nitrogens with zero attached hydrogens (tertiary/aromatic N) is 1. The minimum atomic E-state index is -3.81. The van der Waals surface area contributed by atoms with Gasteiger partial charge in [-0.25, -0.2) is 8.42 Å². The first kappa shape index (κ1) is 18.6. The molecule has 8 heteroatoms. The van der Waals surface area contributed by atoms with E-state index >= 15 is 0 Å². The molecule has 2 amide bonds. The van der Waals surface area contributed by atoms with Crippen LogP contribution in [-0.4, -0.2) is 20.2 Å². The summed E-state index contributed by atoms with van der Waals surface area (Å²) < 4.78 is 28.5. The van der Waals surface area contributed by atoms with E-state index < -0.39 is 10.0 Å². The normalized spacial score (nSPS) is 14.8. The molecule has 136 valence electrons. The zero-order valence-electron chi connectivity index (χ0n) is 14.2. The second-order valence-corrected chi connectivity index (χ2v) is 8.70. The number of benzene rings is 2. The molecule has 0 aliphatic carbocycles. The number of hydrogen-bond acceptors (Lipinski definition) is 4. The maximum absolute atomic E-state index is 12.7. The topological polar surface area (TPSA) is 83.6 Å². The van der Waals surface area contributed by atoms with Gasteiger partial charge in [0.25, 0.3) is 10.0 Å². The van der Waals surface area contributed by atoms with Crippen molar-refractivity contribution in [3.05, 3.63) is 52.0 Å². The zero-order valence-corrected chi connectivity index (χ0v) is 16.6. The molecule has 26 heavy (non-hydrogen) atoms. The molecule has 1 aliphatic rings. The molecule has 3 rings (SSSR count). The molecule has 2 aromatic carbocycles. The summed E-state index contributed by atoms with van der Waals surface area (Å²) in [6.07, 6.45) is 0.364. The number of halogens is 1. The van der Waals surface area contributed by atoms with Crippen molar-refractivity contribution in [2.24, 2.45) is 0 Å². The Labute approximate surface area is 160 Å². The maximum Gasteiger partial charge on any atom is 0.261 e. The van der Waals surface area contributed by atoms with Crippen molar-refractivity contribution >= 4 is 49.1 Å². The summed E-state index contributed by atoms with van der Waals surface area (Å²) in [5.41, 5.74) is 2.40. The van der Waals surface area contributed by atoms with Gasteiger partial charge in [-0.15, -0.1) is 0 Å². The van der Waals surface area contributed by atoms with Crippen molar-refractivity contribution in [2.45, 2.75) is 31.6 Å². The predicted octanol–water partition coefficient (Wildman–Crippen LogP) is 3.52. The standard InChI is InChI=1S/C18H17BrN2O4S/c1-11-3-5-15(14(19)9-11)20-26(24,25)13-4-6-16(12(2)10-13)21-17(22)7-8-18(21)23/h3-6,9-10,20H,7-8H2,1-2H3. The van der Waals surface area contributed by atoms with Crippen LogP contribution in [0.2, 0.25) is 0 Å². The Bertz CT molecular complexity index is 1000. The van der Waals surface area contributed by atoms with E-state index in [0.29, 0.717) is 21.4 Å². The smallest absolute Gasteiger partial charge is 0.261 e. The third-order valence-corrected chi connectivity index (χ3v) is 6.16. The summed E-state index contributed by atoms with van der Waals surface area (Å²) in [5, 5.41) is 0. The quantitative estimate of drug-likeness (QED) is 0.742. The lowest BCUT2D eigenvalue weighted by atomic mass is 10.2. The molecule has 1 fully saturated rings. The molecule has 2 aromatic rings. The highest BCUT2D eigenvalue weighted by Gasteiger charge is 2.31. The van der Waals surface area contributed by atoms with Crippen LogP contribution < -0.4 is 9.62 Å². The van der Waals surface area contributed by atoms with Crippen molar-refractivity contribution in [2.75, 3.05) is 9.62 Å². The van der Waals surface area contributed by atoms with Crippen LogP contribution in [0.3, 0.4) is 0 Å². The summed E-state index contributed by atoms with van der Waals surface area (Å²) in [5.74, 6) is -0.536. The van der Waals surface area contributed by atoms with Crippen LogP contribution in [0, 0.1) is 13.8 Å². The number of rotatable bonds is 4. The Balaban J connectivity index is 1.92. The second-order valence-electron chi connectivity index (χ2n) is 6.16. The van der Waals surface area contributed by atoms with Crippen molar-refractivity contribution in [3.63, 3.8) is 0 Å². The van der Waals surface area contributed by atoms with E-state index in [4.69, 9.17) is 0 Å². The molecular weight excluding hydrogens is 420 g/mol. The van der Waals surface area contributed by atoms with Crippen LogP contribution in [0.1, 0.15) is 24.0 Å². The van der Waals surface area contributed by atoms with Crippen LogP contribution in [-0.2, 0) is 19.6 Å². The molecular formula is C18H17BrN2O4S. The minimum absolute atomic E-state index is 0.0605. The summed E-state index contributed by atoms with van der Waals surface area (Å²) in [6.45, 7) is 3.58. The van der Waals surface area contributed by atoms with Crippen molar-refractivity contribution < 1.29 is 18.0 Å². The number of hydrogen-bond donors (Lipinski definition) is 1. The number of imide groups is 1. The number of carbonyl (C=O) groups excluding carboxylic acids is 2. The van der Waals surface area contributed by atoms with E-state index in [2.05, 4.69) is 20.7 Å². The molecule has 1 N–H and O–H groups in total. The van der Waals surface area contributed by atoms with Crippen molar-refractivity contribution in [3.8, 4) is 0 Å². The first-order valence-electron chi connectivity index (χ1n) is 7.94. The average Bonchev–Trinajstić information content (AvgIpc) is 2.89. The van der Waals surface area contributed by atoms with Gasteiger partial charge in [0.15, 0.2) is 0 Å². The number of carbonyl (C=O) groups is 2. The molecule has 0 radical (unpaired) electrons. The molecule has 0 unspecified atom stereocenters. The van der Waals surface area contributed by atoms with Gasteiger partial charge < -0.3 is 0 Å². The molecule has 1 saturated heterocycles. The van der Waals surface area contributed by atoms with Gasteiger partial charge >= 0.3 is 0 Å². The second kappa shape index (κ2) is 6.85. The lowest BCUT2D eigenvalue weighted by Gasteiger charge is -2.18. The van der Waals surface area contributed by atoms with E-state index in [-0.39, 0.29) is 29.6 Å². The Hall–Kier alpha value is -2.19. The molecule has 0 saturated carbocycles. The third kappa shape index (κ3) is 3.52. The fourth-order valence-corrected chi connectivity index (χ4v) is 4.69. The highest BCUT2D eigenvalue weighted by atomic mass is 79.9. The molecule has 6 nitrogen and oxygen atoms in total. The molecule has 0 bridgehead atoms. The summed E-state index contributed by atoms with van der Waals surface area (Å²) >= 11 is 3.35. The highest BCUT2D eigenvalue weighted by Crippen LogP contribution is 2.30. The number of aryl methyl sites for hydroxylation is 2. The van der Waals surface area contributed by atoms with Gasteiger partial charge in [0.1, 0.15) is 0 Å². The van der Waals surface area contributed by atoms with Crippen LogP contribution in [0.15, 0.2) is 45.8 Å². The Kier molecular flexibility index (Phi) is 4.90. The van der Waals surface area contributed by atoms with E-state index in [0.717, 1.165) is 10.5 Å². The van der Waals surface area contributed by atoms with Gasteiger partial charge in [-0.3, -0.25) is 19.2 Å². The fourth-order valence-electron chi connectivity index (χ4n) is 2.80. The average molecular weight is 437 g/mol. The summed E-state index contributed by atoms with van der Waals surface area (Å²) in [4.78, 5) is 25.0. The minimum Gasteiger partial charge on any atom is -0.278 e. The van der Waals surface area contributed by atoms with Crippen LogP contribution in [0.25, 0.3) is 0 Å². The Morgan fingerprint density at radius 2 is 1.65 bits per heavy atom. The van der Waals surface area contributed by atoms with Crippen molar-refractivity contribution in [1.29, 1.82) is 0 Å². The van der Waals surface area contributed by atoms with Gasteiger partial charge in [-0.1, -0.05) is 6.07 Å². The summed E-state index contributed by atoms with van der Waals surface area (Å²) in [7, 11) is -3.81. The molecule has 1 heterocycles. The SMILES string of the molecule is Cc1ccc(NS(=O)(=O)c2ccc(N3C(=O)CCC3=O)c(C)c2)c(Br)c1. The summed E-state index contributed by atoms with van der Waals surface area (Å²) in [6, 6.07) is 9.65. The third-order valence-electron chi connectivity index (χ3n) is 4.14. The van der Waals surface area contributed by atoms with E-state index in [1.165, 1.54) is 18.2 Å². The number of amides is 2. The number of anilines is 2. The largest absolute Gasteiger partial charge is 0.278 e. The fraction of sp³-hybridized carbons (Fsp3) is 0.222. The van der Waals surface area contributed by atoms with Gasteiger partial charge in [0.2, 0.25) is 11.8 Å². The maximum atomic E-state index is 12.7. The first-order valence-corrected chi connectivity index (χ1v) is 10.2. The molecule has 0 spiro atoms. The molecule has 0 aromatic heterocycles. The van der Waals surface area contributed by atoms with E-state index in [9.17, 15) is 18.0 Å². The highest BCUT2D eigenvalue weighted by molar-refractivity contribution is 9.10. The van der Waals surface area contributed by atoms with Gasteiger partial charge in [-0.2, -0.15) is 0 Å². The Morgan fingerprint density at radius 3 is 2.23 bits per heavy atom. The monoisotopic (exact) mass is 436 g/mol. The van der Waals surface area contributed by atoms with Crippen LogP contribution in [0.5, 0.6) is 0 Å². The van der Waals surface area contributed by atoms with Gasteiger partial charge in [-0.05, 0) is 71.2 Å².